The Morgan fingerprint density at radius 2 is 2.20 bits per heavy atom. The van der Waals surface area contributed by atoms with Crippen LogP contribution in [0.1, 0.15) is 31.7 Å². The third kappa shape index (κ3) is 4.30. The van der Waals surface area contributed by atoms with Crippen molar-refractivity contribution in [3.63, 3.8) is 0 Å². The largest absolute Gasteiger partial charge is 0.228 e. The number of thioether (sulfide) groups is 1. The van der Waals surface area contributed by atoms with Gasteiger partial charge in [-0.3, -0.25) is 0 Å². The first-order valence-electron chi connectivity index (χ1n) is 5.00. The van der Waals surface area contributed by atoms with Crippen LogP contribution in [-0.4, -0.2) is 15.7 Å². The minimum Gasteiger partial charge on any atom is -0.228 e. The van der Waals surface area contributed by atoms with Crippen LogP contribution in [0.25, 0.3) is 0 Å². The van der Waals surface area contributed by atoms with Crippen molar-refractivity contribution in [1.82, 2.24) is 9.97 Å². The standard InChI is InChI=1S/C11H15N3S/c1-8(2)4-5-15-11-13-9(3)6-10(7-12)14-11/h6,8H,4-5H2,1-3H3. The molecule has 0 saturated heterocycles. The molecular formula is C11H15N3S. The van der Waals surface area contributed by atoms with E-state index in [0.717, 1.165) is 17.9 Å². The lowest BCUT2D eigenvalue weighted by atomic mass is 10.2. The van der Waals surface area contributed by atoms with Gasteiger partial charge in [0.05, 0.1) is 0 Å². The third-order valence-electron chi connectivity index (χ3n) is 1.87. The van der Waals surface area contributed by atoms with Gasteiger partial charge in [0, 0.05) is 11.4 Å². The zero-order valence-electron chi connectivity index (χ0n) is 9.32. The van der Waals surface area contributed by atoms with E-state index in [2.05, 4.69) is 23.8 Å². The van der Waals surface area contributed by atoms with Crippen molar-refractivity contribution < 1.29 is 0 Å². The van der Waals surface area contributed by atoms with Gasteiger partial charge in [-0.15, -0.1) is 0 Å². The lowest BCUT2D eigenvalue weighted by Gasteiger charge is -2.03. The zero-order valence-corrected chi connectivity index (χ0v) is 10.1. The van der Waals surface area contributed by atoms with Crippen LogP contribution in [0.4, 0.5) is 0 Å². The van der Waals surface area contributed by atoms with Crippen molar-refractivity contribution in [2.75, 3.05) is 5.75 Å². The van der Waals surface area contributed by atoms with Gasteiger partial charge in [0.2, 0.25) is 0 Å². The molecule has 15 heavy (non-hydrogen) atoms. The van der Waals surface area contributed by atoms with Crippen molar-refractivity contribution >= 4 is 11.8 Å². The van der Waals surface area contributed by atoms with Crippen molar-refractivity contribution in [1.29, 1.82) is 5.26 Å². The maximum absolute atomic E-state index is 8.75. The van der Waals surface area contributed by atoms with Crippen LogP contribution in [0.2, 0.25) is 0 Å². The molecule has 0 radical (unpaired) electrons. The minimum absolute atomic E-state index is 0.453. The molecule has 80 valence electrons. The maximum Gasteiger partial charge on any atom is 0.189 e. The molecule has 0 amide bonds. The maximum atomic E-state index is 8.75. The molecule has 3 nitrogen and oxygen atoms in total. The fourth-order valence-electron chi connectivity index (χ4n) is 1.05. The number of rotatable bonds is 4. The summed E-state index contributed by atoms with van der Waals surface area (Å²) < 4.78 is 0. The topological polar surface area (TPSA) is 49.6 Å². The molecule has 0 atom stereocenters. The van der Waals surface area contributed by atoms with Gasteiger partial charge in [-0.05, 0) is 25.3 Å². The fourth-order valence-corrected chi connectivity index (χ4v) is 2.19. The summed E-state index contributed by atoms with van der Waals surface area (Å²) in [6.07, 6.45) is 1.14. The lowest BCUT2D eigenvalue weighted by Crippen LogP contribution is -1.96. The Hall–Kier alpha value is -1.08. The average molecular weight is 221 g/mol. The van der Waals surface area contributed by atoms with Gasteiger partial charge in [0.25, 0.3) is 0 Å². The SMILES string of the molecule is Cc1cc(C#N)nc(SCCC(C)C)n1. The molecule has 0 unspecified atom stereocenters. The molecule has 1 heterocycles. The number of hydrogen-bond donors (Lipinski definition) is 0. The molecule has 0 N–H and O–H groups in total. The van der Waals surface area contributed by atoms with E-state index in [1.807, 2.05) is 13.0 Å². The number of aromatic nitrogens is 2. The van der Waals surface area contributed by atoms with Gasteiger partial charge in [-0.25, -0.2) is 9.97 Å². The normalized spacial score (nSPS) is 10.3. The van der Waals surface area contributed by atoms with Crippen molar-refractivity contribution in [3.05, 3.63) is 17.5 Å². The quantitative estimate of drug-likeness (QED) is 0.579. The van der Waals surface area contributed by atoms with E-state index in [4.69, 9.17) is 5.26 Å². The van der Waals surface area contributed by atoms with E-state index in [1.54, 1.807) is 17.8 Å². The number of nitrogens with zero attached hydrogens (tertiary/aromatic N) is 3. The van der Waals surface area contributed by atoms with Crippen molar-refractivity contribution in [2.45, 2.75) is 32.3 Å². The molecule has 0 aromatic carbocycles. The summed E-state index contributed by atoms with van der Waals surface area (Å²) in [5.41, 5.74) is 1.31. The molecule has 0 spiro atoms. The molecular weight excluding hydrogens is 206 g/mol. The predicted octanol–water partition coefficient (Wildman–Crippen LogP) is 2.79. The van der Waals surface area contributed by atoms with Crippen LogP contribution in [0.15, 0.2) is 11.2 Å². The Morgan fingerprint density at radius 1 is 1.47 bits per heavy atom. The highest BCUT2D eigenvalue weighted by atomic mass is 32.2. The van der Waals surface area contributed by atoms with Crippen molar-refractivity contribution in [3.8, 4) is 6.07 Å². The van der Waals surface area contributed by atoms with Crippen LogP contribution in [0, 0.1) is 24.2 Å². The molecule has 0 aliphatic carbocycles. The molecule has 1 aromatic heterocycles. The van der Waals surface area contributed by atoms with E-state index in [-0.39, 0.29) is 0 Å². The highest BCUT2D eigenvalue weighted by Crippen LogP contribution is 2.17. The molecule has 4 heteroatoms. The van der Waals surface area contributed by atoms with Gasteiger partial charge >= 0.3 is 0 Å². The summed E-state index contributed by atoms with van der Waals surface area (Å²) in [5, 5.41) is 9.47. The van der Waals surface area contributed by atoms with E-state index >= 15 is 0 Å². The highest BCUT2D eigenvalue weighted by Gasteiger charge is 2.03. The number of nitriles is 1. The van der Waals surface area contributed by atoms with Crippen LogP contribution >= 0.6 is 11.8 Å². The molecule has 0 aliphatic heterocycles. The Bertz CT molecular complexity index is 369. The van der Waals surface area contributed by atoms with Crippen LogP contribution < -0.4 is 0 Å². The monoisotopic (exact) mass is 221 g/mol. The van der Waals surface area contributed by atoms with E-state index < -0.39 is 0 Å². The summed E-state index contributed by atoms with van der Waals surface area (Å²) in [5.74, 6) is 1.70. The summed E-state index contributed by atoms with van der Waals surface area (Å²) in [6.45, 7) is 6.27. The first-order chi connectivity index (χ1) is 7.11. The second-order valence-electron chi connectivity index (χ2n) is 3.82. The molecule has 0 saturated carbocycles. The Labute approximate surface area is 94.9 Å². The van der Waals surface area contributed by atoms with E-state index in [0.29, 0.717) is 16.8 Å². The van der Waals surface area contributed by atoms with Gasteiger partial charge in [0.1, 0.15) is 11.8 Å². The summed E-state index contributed by atoms with van der Waals surface area (Å²) >= 11 is 1.62. The second-order valence-corrected chi connectivity index (χ2v) is 4.88. The Morgan fingerprint density at radius 3 is 2.80 bits per heavy atom. The summed E-state index contributed by atoms with van der Waals surface area (Å²) in [4.78, 5) is 8.42. The second kappa shape index (κ2) is 5.72. The molecule has 0 bridgehead atoms. The van der Waals surface area contributed by atoms with Gasteiger partial charge in [0.15, 0.2) is 5.16 Å². The zero-order chi connectivity index (χ0) is 11.3. The average Bonchev–Trinajstić information content (AvgIpc) is 2.16. The van der Waals surface area contributed by atoms with Crippen LogP contribution in [-0.2, 0) is 0 Å². The van der Waals surface area contributed by atoms with Crippen LogP contribution in [0.5, 0.6) is 0 Å². The molecule has 1 aromatic rings. The molecule has 0 aliphatic rings. The lowest BCUT2D eigenvalue weighted by molar-refractivity contribution is 0.631. The molecule has 1 rings (SSSR count). The molecule has 0 fully saturated rings. The van der Waals surface area contributed by atoms with Crippen LogP contribution in [0.3, 0.4) is 0 Å². The summed E-state index contributed by atoms with van der Waals surface area (Å²) in [6, 6.07) is 3.74. The number of hydrogen-bond acceptors (Lipinski definition) is 4. The van der Waals surface area contributed by atoms with Gasteiger partial charge < -0.3 is 0 Å². The predicted molar refractivity (Wildman–Crippen MR) is 61.7 cm³/mol. The van der Waals surface area contributed by atoms with Crippen molar-refractivity contribution in [2.24, 2.45) is 5.92 Å². The van der Waals surface area contributed by atoms with E-state index in [9.17, 15) is 0 Å². The minimum atomic E-state index is 0.453. The van der Waals surface area contributed by atoms with E-state index in [1.165, 1.54) is 0 Å². The third-order valence-corrected chi connectivity index (χ3v) is 2.76. The van der Waals surface area contributed by atoms with Gasteiger partial charge in [-0.2, -0.15) is 5.26 Å². The summed E-state index contributed by atoms with van der Waals surface area (Å²) in [7, 11) is 0. The Balaban J connectivity index is 2.61. The number of aryl methyl sites for hydroxylation is 1. The highest BCUT2D eigenvalue weighted by molar-refractivity contribution is 7.99. The Kier molecular flexibility index (Phi) is 4.57. The first-order valence-corrected chi connectivity index (χ1v) is 5.99. The fraction of sp³-hybridized carbons (Fsp3) is 0.545. The first kappa shape index (κ1) is 12.0. The smallest absolute Gasteiger partial charge is 0.189 e. The van der Waals surface area contributed by atoms with Gasteiger partial charge in [-0.1, -0.05) is 25.6 Å².